The van der Waals surface area contributed by atoms with Crippen LogP contribution in [0.2, 0.25) is 0 Å². The fraction of sp³-hybridized carbons (Fsp3) is 1.00. The lowest BCUT2D eigenvalue weighted by Crippen LogP contribution is -2.37. The second-order valence-electron chi connectivity index (χ2n) is 3.40. The summed E-state index contributed by atoms with van der Waals surface area (Å²) in [5, 5.41) is 8.02. The highest BCUT2D eigenvalue weighted by atomic mass is 32.2. The minimum Gasteiger partial charge on any atom is -0.380 e. The highest BCUT2D eigenvalue weighted by Gasteiger charge is 2.10. The average Bonchev–Trinajstić information content (AvgIpc) is 2.09. The first-order valence-corrected chi connectivity index (χ1v) is 6.35. The molecule has 0 amide bonds. The number of methoxy groups -OCH3 is 1. The molecule has 5 nitrogen and oxygen atoms in total. The zero-order valence-corrected chi connectivity index (χ0v) is 9.80. The summed E-state index contributed by atoms with van der Waals surface area (Å²) in [6.07, 6.45) is 0.643. The maximum Gasteiger partial charge on any atom is 0.209 e. The smallest absolute Gasteiger partial charge is 0.209 e. The summed E-state index contributed by atoms with van der Waals surface area (Å²) < 4.78 is 26.3. The van der Waals surface area contributed by atoms with Gasteiger partial charge in [0.25, 0.3) is 0 Å². The van der Waals surface area contributed by atoms with Crippen molar-refractivity contribution in [2.45, 2.75) is 32.4 Å². The van der Waals surface area contributed by atoms with E-state index in [-0.39, 0.29) is 17.9 Å². The van der Waals surface area contributed by atoms with E-state index < -0.39 is 10.0 Å². The molecule has 0 aromatic carbocycles. The monoisotopic (exact) mass is 224 g/mol. The molecule has 14 heavy (non-hydrogen) atoms. The van der Waals surface area contributed by atoms with Crippen LogP contribution in [0.5, 0.6) is 0 Å². The van der Waals surface area contributed by atoms with Crippen LogP contribution in [0.15, 0.2) is 0 Å². The lowest BCUT2D eigenvalue weighted by molar-refractivity contribution is 0.0889. The molecule has 0 bridgehead atoms. The van der Waals surface area contributed by atoms with Gasteiger partial charge >= 0.3 is 0 Å². The van der Waals surface area contributed by atoms with Crippen LogP contribution < -0.4 is 10.5 Å². The first kappa shape index (κ1) is 13.8. The van der Waals surface area contributed by atoms with Gasteiger partial charge in [0.1, 0.15) is 0 Å². The topological polar surface area (TPSA) is 81.4 Å². The zero-order valence-electron chi connectivity index (χ0n) is 8.99. The molecule has 2 atom stereocenters. The van der Waals surface area contributed by atoms with E-state index in [2.05, 4.69) is 5.32 Å². The Morgan fingerprint density at radius 2 is 2.00 bits per heavy atom. The van der Waals surface area contributed by atoms with Crippen LogP contribution in [-0.2, 0) is 14.8 Å². The molecule has 86 valence electrons. The SMILES string of the molecule is COC(C)C(C)NCCCS(N)(=O)=O. The van der Waals surface area contributed by atoms with Gasteiger partial charge in [-0.05, 0) is 26.8 Å². The Labute approximate surface area is 86.1 Å². The largest absolute Gasteiger partial charge is 0.380 e. The van der Waals surface area contributed by atoms with E-state index in [0.29, 0.717) is 13.0 Å². The number of nitrogens with one attached hydrogen (secondary N) is 1. The highest BCUT2D eigenvalue weighted by molar-refractivity contribution is 7.89. The third-order valence-corrected chi connectivity index (χ3v) is 3.01. The maximum absolute atomic E-state index is 10.6. The molecule has 0 heterocycles. The maximum atomic E-state index is 10.6. The van der Waals surface area contributed by atoms with Crippen molar-refractivity contribution < 1.29 is 13.2 Å². The summed E-state index contributed by atoms with van der Waals surface area (Å²) in [7, 11) is -1.67. The van der Waals surface area contributed by atoms with Gasteiger partial charge in [-0.1, -0.05) is 0 Å². The molecule has 0 aliphatic heterocycles. The molecule has 0 saturated carbocycles. The number of primary sulfonamides is 1. The Morgan fingerprint density at radius 1 is 1.43 bits per heavy atom. The van der Waals surface area contributed by atoms with Crippen LogP contribution in [0.1, 0.15) is 20.3 Å². The Morgan fingerprint density at radius 3 is 2.43 bits per heavy atom. The summed E-state index contributed by atoms with van der Waals surface area (Å²) in [4.78, 5) is 0. The quantitative estimate of drug-likeness (QED) is 0.581. The van der Waals surface area contributed by atoms with Gasteiger partial charge in [-0.15, -0.1) is 0 Å². The molecule has 0 aromatic heterocycles. The summed E-state index contributed by atoms with van der Waals surface area (Å²) in [5.41, 5.74) is 0. The Hall–Kier alpha value is -0.170. The third-order valence-electron chi connectivity index (χ3n) is 2.15. The summed E-state index contributed by atoms with van der Waals surface area (Å²) in [6, 6.07) is 0.209. The lowest BCUT2D eigenvalue weighted by Gasteiger charge is -2.19. The molecular formula is C8H20N2O3S. The molecule has 3 N–H and O–H groups in total. The van der Waals surface area contributed by atoms with Crippen molar-refractivity contribution in [2.75, 3.05) is 19.4 Å². The third kappa shape index (κ3) is 7.25. The van der Waals surface area contributed by atoms with Gasteiger partial charge in [0.2, 0.25) is 10.0 Å². The molecule has 0 aliphatic rings. The van der Waals surface area contributed by atoms with E-state index in [4.69, 9.17) is 9.88 Å². The molecule has 0 spiro atoms. The van der Waals surface area contributed by atoms with Gasteiger partial charge in [0.05, 0.1) is 11.9 Å². The molecule has 0 saturated heterocycles. The zero-order chi connectivity index (χ0) is 11.2. The first-order valence-electron chi connectivity index (χ1n) is 4.63. The predicted molar refractivity (Wildman–Crippen MR) is 56.5 cm³/mol. The molecule has 0 aliphatic carbocycles. The molecule has 0 rings (SSSR count). The van der Waals surface area contributed by atoms with Gasteiger partial charge in [-0.25, -0.2) is 13.6 Å². The van der Waals surface area contributed by atoms with Gasteiger partial charge in [-0.3, -0.25) is 0 Å². The van der Waals surface area contributed by atoms with Gasteiger partial charge in [0.15, 0.2) is 0 Å². The van der Waals surface area contributed by atoms with Crippen LogP contribution in [0, 0.1) is 0 Å². The molecule has 2 unspecified atom stereocenters. The van der Waals surface area contributed by atoms with Crippen molar-refractivity contribution >= 4 is 10.0 Å². The first-order chi connectivity index (χ1) is 6.37. The van der Waals surface area contributed by atoms with Gasteiger partial charge in [-0.2, -0.15) is 0 Å². The summed E-state index contributed by atoms with van der Waals surface area (Å²) >= 11 is 0. The van der Waals surface area contributed by atoms with Crippen LogP contribution in [0.25, 0.3) is 0 Å². The molecular weight excluding hydrogens is 204 g/mol. The second-order valence-corrected chi connectivity index (χ2v) is 5.14. The Balaban J connectivity index is 3.55. The van der Waals surface area contributed by atoms with E-state index >= 15 is 0 Å². The van der Waals surface area contributed by atoms with Gasteiger partial charge < -0.3 is 10.1 Å². The molecule has 0 aromatic rings. The van der Waals surface area contributed by atoms with Crippen LogP contribution in [0.3, 0.4) is 0 Å². The number of sulfonamides is 1. The molecule has 0 fully saturated rings. The fourth-order valence-electron chi connectivity index (χ4n) is 0.973. The number of hydrogen-bond donors (Lipinski definition) is 2. The van der Waals surface area contributed by atoms with Crippen molar-refractivity contribution in [3.05, 3.63) is 0 Å². The Kier molecular flexibility index (Phi) is 6.26. The van der Waals surface area contributed by atoms with Crippen LogP contribution in [0.4, 0.5) is 0 Å². The number of hydrogen-bond acceptors (Lipinski definition) is 4. The van der Waals surface area contributed by atoms with Crippen molar-refractivity contribution in [2.24, 2.45) is 5.14 Å². The van der Waals surface area contributed by atoms with Gasteiger partial charge in [0, 0.05) is 13.2 Å². The van der Waals surface area contributed by atoms with E-state index in [9.17, 15) is 8.42 Å². The standard InChI is InChI=1S/C8H20N2O3S/c1-7(8(2)13-3)10-5-4-6-14(9,11)12/h7-8,10H,4-6H2,1-3H3,(H2,9,11,12). The average molecular weight is 224 g/mol. The van der Waals surface area contributed by atoms with Crippen molar-refractivity contribution in [3.8, 4) is 0 Å². The highest BCUT2D eigenvalue weighted by Crippen LogP contribution is 1.96. The minimum atomic E-state index is -3.32. The van der Waals surface area contributed by atoms with Crippen LogP contribution >= 0.6 is 0 Å². The lowest BCUT2D eigenvalue weighted by atomic mass is 10.2. The Bertz CT molecular complexity index is 241. The van der Waals surface area contributed by atoms with E-state index in [1.807, 2.05) is 13.8 Å². The van der Waals surface area contributed by atoms with E-state index in [0.717, 1.165) is 0 Å². The normalized spacial score (nSPS) is 16.6. The predicted octanol–water partition coefficient (Wildman–Crippen LogP) is -0.322. The number of ether oxygens (including phenoxy) is 1. The fourth-order valence-corrected chi connectivity index (χ4v) is 1.52. The van der Waals surface area contributed by atoms with Crippen molar-refractivity contribution in [1.82, 2.24) is 5.32 Å². The second kappa shape index (κ2) is 6.34. The number of rotatable bonds is 7. The summed E-state index contributed by atoms with van der Waals surface area (Å²) in [6.45, 7) is 4.58. The number of nitrogens with two attached hydrogens (primary N) is 1. The van der Waals surface area contributed by atoms with Crippen molar-refractivity contribution in [1.29, 1.82) is 0 Å². The minimum absolute atomic E-state index is 0.0219. The van der Waals surface area contributed by atoms with Crippen molar-refractivity contribution in [3.63, 3.8) is 0 Å². The van der Waals surface area contributed by atoms with E-state index in [1.54, 1.807) is 7.11 Å². The summed E-state index contributed by atoms with van der Waals surface area (Å²) in [5.74, 6) is 0.0219. The molecule has 6 heteroatoms. The van der Waals surface area contributed by atoms with E-state index in [1.165, 1.54) is 0 Å². The van der Waals surface area contributed by atoms with Crippen LogP contribution in [-0.4, -0.2) is 40.0 Å². The molecule has 0 radical (unpaired) electrons.